The number of para-hydroxylation sites is 1. The van der Waals surface area contributed by atoms with Crippen molar-refractivity contribution in [2.45, 2.75) is 38.1 Å². The summed E-state index contributed by atoms with van der Waals surface area (Å²) in [6, 6.07) is 14.5. The van der Waals surface area contributed by atoms with Crippen LogP contribution in [0.2, 0.25) is 0 Å². The Kier molecular flexibility index (Phi) is 7.97. The molecule has 36 heavy (non-hydrogen) atoms. The highest BCUT2D eigenvalue weighted by atomic mass is 16.7. The maximum atomic E-state index is 13.5. The van der Waals surface area contributed by atoms with Crippen molar-refractivity contribution in [3.63, 3.8) is 0 Å². The number of likely N-dealkylation sites (tertiary alicyclic amines) is 1. The number of amides is 1. The van der Waals surface area contributed by atoms with Gasteiger partial charge >= 0.3 is 0 Å². The van der Waals surface area contributed by atoms with Crippen molar-refractivity contribution < 1.29 is 23.7 Å². The second kappa shape index (κ2) is 11.5. The van der Waals surface area contributed by atoms with E-state index in [1.165, 1.54) is 11.1 Å². The van der Waals surface area contributed by atoms with Crippen molar-refractivity contribution in [2.24, 2.45) is 11.8 Å². The van der Waals surface area contributed by atoms with Crippen LogP contribution in [0.15, 0.2) is 42.5 Å². The third kappa shape index (κ3) is 5.47. The van der Waals surface area contributed by atoms with E-state index in [2.05, 4.69) is 34.1 Å². The summed E-state index contributed by atoms with van der Waals surface area (Å²) in [4.78, 5) is 18.1. The molecule has 1 saturated carbocycles. The maximum Gasteiger partial charge on any atom is 0.231 e. The molecular weight excluding hydrogens is 456 g/mol. The maximum absolute atomic E-state index is 13.5. The van der Waals surface area contributed by atoms with Gasteiger partial charge in [-0.1, -0.05) is 37.1 Å². The Bertz CT molecular complexity index is 1040. The van der Waals surface area contributed by atoms with E-state index in [0.29, 0.717) is 25.0 Å². The molecule has 2 unspecified atom stereocenters. The lowest BCUT2D eigenvalue weighted by Crippen LogP contribution is -2.42. The van der Waals surface area contributed by atoms with Gasteiger partial charge in [0, 0.05) is 51.7 Å². The zero-order chi connectivity index (χ0) is 24.9. The Morgan fingerprint density at radius 3 is 2.67 bits per heavy atom. The predicted molar refractivity (Wildman–Crippen MR) is 137 cm³/mol. The summed E-state index contributed by atoms with van der Waals surface area (Å²) >= 11 is 0. The molecule has 1 aliphatic carbocycles. The number of benzene rings is 2. The SMILES string of the molecule is COCCN(CC1CN(Cc2ccc3c(c2)OCO3)CC1c1ccccc1OC)C(=O)C1CCCC1. The van der Waals surface area contributed by atoms with Gasteiger partial charge in [0.2, 0.25) is 12.7 Å². The van der Waals surface area contributed by atoms with E-state index < -0.39 is 0 Å². The summed E-state index contributed by atoms with van der Waals surface area (Å²) in [6.45, 7) is 4.88. The number of carbonyl (C=O) groups excluding carboxylic acids is 1. The van der Waals surface area contributed by atoms with Crippen LogP contribution in [0.5, 0.6) is 17.2 Å². The van der Waals surface area contributed by atoms with Gasteiger partial charge in [-0.2, -0.15) is 0 Å². The van der Waals surface area contributed by atoms with Crippen LogP contribution in [0, 0.1) is 11.8 Å². The van der Waals surface area contributed by atoms with Gasteiger partial charge in [0.25, 0.3) is 0 Å². The van der Waals surface area contributed by atoms with Crippen molar-refractivity contribution >= 4 is 5.91 Å². The molecule has 2 heterocycles. The van der Waals surface area contributed by atoms with E-state index in [-0.39, 0.29) is 18.6 Å². The van der Waals surface area contributed by atoms with E-state index in [0.717, 1.165) is 69.1 Å². The van der Waals surface area contributed by atoms with Crippen LogP contribution in [0.4, 0.5) is 0 Å². The molecule has 0 radical (unpaired) electrons. The fourth-order valence-electron chi connectivity index (χ4n) is 6.10. The van der Waals surface area contributed by atoms with Crippen molar-refractivity contribution in [2.75, 3.05) is 53.8 Å². The summed E-state index contributed by atoms with van der Waals surface area (Å²) in [7, 11) is 3.44. The topological polar surface area (TPSA) is 60.5 Å². The lowest BCUT2D eigenvalue weighted by atomic mass is 9.87. The standard InChI is InChI=1S/C29H38N2O5/c1-33-14-13-31(29(32)22-7-3-4-8-22)18-23-17-30(16-21-11-12-27-28(15-21)36-20-35-27)19-25(23)24-9-5-6-10-26(24)34-2/h5-6,9-12,15,22-23,25H,3-4,7-8,13-14,16-20H2,1-2H3. The Balaban J connectivity index is 1.37. The van der Waals surface area contributed by atoms with Gasteiger partial charge in [-0.05, 0) is 48.1 Å². The molecule has 194 valence electrons. The molecule has 1 saturated heterocycles. The van der Waals surface area contributed by atoms with E-state index in [9.17, 15) is 4.79 Å². The van der Waals surface area contributed by atoms with Gasteiger partial charge in [-0.15, -0.1) is 0 Å². The number of methoxy groups -OCH3 is 2. The average molecular weight is 495 g/mol. The summed E-state index contributed by atoms with van der Waals surface area (Å²) in [5, 5.41) is 0. The Hall–Kier alpha value is -2.77. The van der Waals surface area contributed by atoms with E-state index in [4.69, 9.17) is 18.9 Å². The zero-order valence-corrected chi connectivity index (χ0v) is 21.5. The first-order valence-corrected chi connectivity index (χ1v) is 13.2. The number of hydrogen-bond acceptors (Lipinski definition) is 6. The van der Waals surface area contributed by atoms with Crippen molar-refractivity contribution in [1.82, 2.24) is 9.80 Å². The molecule has 7 nitrogen and oxygen atoms in total. The first-order chi connectivity index (χ1) is 17.7. The first-order valence-electron chi connectivity index (χ1n) is 13.2. The molecule has 2 aromatic rings. The minimum Gasteiger partial charge on any atom is -0.496 e. The lowest BCUT2D eigenvalue weighted by molar-refractivity contribution is -0.136. The van der Waals surface area contributed by atoms with E-state index >= 15 is 0 Å². The monoisotopic (exact) mass is 494 g/mol. The minimum absolute atomic E-state index is 0.165. The highest BCUT2D eigenvalue weighted by molar-refractivity contribution is 5.79. The predicted octanol–water partition coefficient (Wildman–Crippen LogP) is 4.30. The molecule has 7 heteroatoms. The van der Waals surface area contributed by atoms with Gasteiger partial charge in [-0.3, -0.25) is 9.69 Å². The lowest BCUT2D eigenvalue weighted by Gasteiger charge is -2.30. The molecular formula is C29H38N2O5. The van der Waals surface area contributed by atoms with Crippen molar-refractivity contribution in [3.05, 3.63) is 53.6 Å². The van der Waals surface area contributed by atoms with Gasteiger partial charge in [0.15, 0.2) is 11.5 Å². The molecule has 2 aliphatic heterocycles. The van der Waals surface area contributed by atoms with E-state index in [1.807, 2.05) is 18.2 Å². The van der Waals surface area contributed by atoms with Crippen LogP contribution < -0.4 is 14.2 Å². The summed E-state index contributed by atoms with van der Waals surface area (Å²) in [5.74, 6) is 3.59. The number of fused-ring (bicyclic) bond motifs is 1. The zero-order valence-electron chi connectivity index (χ0n) is 21.5. The van der Waals surface area contributed by atoms with Crippen LogP contribution in [0.25, 0.3) is 0 Å². The quantitative estimate of drug-likeness (QED) is 0.491. The van der Waals surface area contributed by atoms with Gasteiger partial charge in [-0.25, -0.2) is 0 Å². The average Bonchev–Trinajstić information content (AvgIpc) is 3.67. The van der Waals surface area contributed by atoms with Crippen molar-refractivity contribution in [1.29, 1.82) is 0 Å². The number of rotatable bonds is 10. The number of carbonyl (C=O) groups is 1. The van der Waals surface area contributed by atoms with Gasteiger partial charge < -0.3 is 23.8 Å². The molecule has 3 aliphatic rings. The van der Waals surface area contributed by atoms with Gasteiger partial charge in [0.1, 0.15) is 5.75 Å². The normalized spacial score (nSPS) is 21.7. The smallest absolute Gasteiger partial charge is 0.231 e. The molecule has 2 aromatic carbocycles. The molecule has 2 fully saturated rings. The second-order valence-electron chi connectivity index (χ2n) is 10.2. The van der Waals surface area contributed by atoms with Crippen LogP contribution in [0.3, 0.4) is 0 Å². The first kappa shape index (κ1) is 24.9. The number of ether oxygens (including phenoxy) is 4. The summed E-state index contributed by atoms with van der Waals surface area (Å²) in [5.41, 5.74) is 2.43. The molecule has 0 bridgehead atoms. The molecule has 0 spiro atoms. The van der Waals surface area contributed by atoms with Crippen molar-refractivity contribution in [3.8, 4) is 17.2 Å². The minimum atomic E-state index is 0.165. The molecule has 5 rings (SSSR count). The number of nitrogens with zero attached hydrogens (tertiary/aromatic N) is 2. The highest BCUT2D eigenvalue weighted by Crippen LogP contribution is 2.40. The molecule has 1 amide bonds. The van der Waals surface area contributed by atoms with Crippen LogP contribution in [-0.2, 0) is 16.1 Å². The largest absolute Gasteiger partial charge is 0.496 e. The number of hydrogen-bond donors (Lipinski definition) is 0. The molecule has 2 atom stereocenters. The van der Waals surface area contributed by atoms with Gasteiger partial charge in [0.05, 0.1) is 13.7 Å². The fraction of sp³-hybridized carbons (Fsp3) is 0.552. The third-order valence-electron chi connectivity index (χ3n) is 7.93. The Labute approximate surface area is 214 Å². The van der Waals surface area contributed by atoms with Crippen LogP contribution >= 0.6 is 0 Å². The van der Waals surface area contributed by atoms with E-state index in [1.54, 1.807) is 14.2 Å². The van der Waals surface area contributed by atoms with Crippen LogP contribution in [-0.4, -0.2) is 69.5 Å². The molecule has 0 N–H and O–H groups in total. The summed E-state index contributed by atoms with van der Waals surface area (Å²) in [6.07, 6.45) is 4.34. The fourth-order valence-corrected chi connectivity index (χ4v) is 6.10. The second-order valence-corrected chi connectivity index (χ2v) is 10.2. The third-order valence-corrected chi connectivity index (χ3v) is 7.93. The highest BCUT2D eigenvalue weighted by Gasteiger charge is 2.38. The Morgan fingerprint density at radius 2 is 1.86 bits per heavy atom. The molecule has 0 aromatic heterocycles. The summed E-state index contributed by atoms with van der Waals surface area (Å²) < 4.78 is 22.2. The van der Waals surface area contributed by atoms with Crippen LogP contribution in [0.1, 0.15) is 42.7 Å². The Morgan fingerprint density at radius 1 is 1.06 bits per heavy atom.